The fourth-order valence-electron chi connectivity index (χ4n) is 14.5. The lowest BCUT2D eigenvalue weighted by Gasteiger charge is -2.57. The van der Waals surface area contributed by atoms with Crippen LogP contribution in [0.5, 0.6) is 34.5 Å². The molecule has 12 heterocycles. The van der Waals surface area contributed by atoms with Gasteiger partial charge >= 0.3 is 46.7 Å². The molecular formula is C66H59N11O24. The summed E-state index contributed by atoms with van der Waals surface area (Å²) in [6.45, 7) is 0. The highest BCUT2D eigenvalue weighted by molar-refractivity contribution is 6.07. The van der Waals surface area contributed by atoms with Gasteiger partial charge in [0.25, 0.3) is 16.7 Å². The first-order chi connectivity index (χ1) is 48.2. The van der Waals surface area contributed by atoms with Gasteiger partial charge in [-0.15, -0.1) is 0 Å². The van der Waals surface area contributed by atoms with Gasteiger partial charge in [-0.25, -0.2) is 28.8 Å². The van der Waals surface area contributed by atoms with E-state index in [0.29, 0.717) is 50.9 Å². The second-order valence-electron chi connectivity index (χ2n) is 24.7. The van der Waals surface area contributed by atoms with Crippen molar-refractivity contribution in [3.05, 3.63) is 181 Å². The van der Waals surface area contributed by atoms with E-state index in [4.69, 9.17) is 41.7 Å². The molecule has 18 rings (SSSR count). The Morgan fingerprint density at radius 1 is 0.455 bits per heavy atom. The average Bonchev–Trinajstić information content (AvgIpc) is 1.68. The number of fused-ring (bicyclic) bond motifs is 21. The van der Waals surface area contributed by atoms with Gasteiger partial charge in [0.1, 0.15) is 11.9 Å². The van der Waals surface area contributed by atoms with E-state index in [1.165, 1.54) is 87.7 Å². The van der Waals surface area contributed by atoms with E-state index in [-0.39, 0.29) is 87.0 Å². The SMILES string of the molecule is COc1c2c(cc3c1OC(=O)C1C3C3C(=O)NC(=O)N(C)C31)C1C(O2)C2NC(=O)NC(=O)C21.COc1c2c(cc3ccoc13)C1C3C(=O)CC(=O)N(C)C3C1C(=O)O2.COc1c2occc2cc2ccc(=O)oc12.Cn1ccc(=O)[nH]c1=O.Cn1ccc(=O)[nH]c1=O.Cn1ccc(=O)[nH]c1=O. The van der Waals surface area contributed by atoms with E-state index < -0.39 is 89.4 Å². The number of ketones is 1. The summed E-state index contributed by atoms with van der Waals surface area (Å²) in [4.78, 5) is 182. The maximum absolute atomic E-state index is 12.9. The topological polar surface area (TPSA) is 456 Å². The van der Waals surface area contributed by atoms with Crippen molar-refractivity contribution in [2.45, 2.75) is 48.4 Å². The molecule has 3 aliphatic carbocycles. The van der Waals surface area contributed by atoms with Crippen molar-refractivity contribution in [2.24, 2.45) is 50.7 Å². The summed E-state index contributed by atoms with van der Waals surface area (Å²) in [5.41, 5.74) is 0.949. The number of aromatic nitrogens is 6. The Balaban J connectivity index is 0.000000118. The smallest absolute Gasteiger partial charge is 0.336 e. The van der Waals surface area contributed by atoms with Gasteiger partial charge in [0.15, 0.2) is 34.0 Å². The van der Waals surface area contributed by atoms with Gasteiger partial charge in [-0.1, -0.05) is 0 Å². The number of furan rings is 2. The van der Waals surface area contributed by atoms with Crippen LogP contribution in [0.4, 0.5) is 9.59 Å². The zero-order chi connectivity index (χ0) is 72.1. The Hall–Kier alpha value is -12.9. The van der Waals surface area contributed by atoms with Crippen LogP contribution >= 0.6 is 0 Å². The third kappa shape index (κ3) is 11.2. The van der Waals surface area contributed by atoms with E-state index in [9.17, 15) is 71.9 Å². The number of nitrogens with zero attached hydrogens (tertiary/aromatic N) is 5. The minimum Gasteiger partial charge on any atom is -0.490 e. The monoisotopic (exact) mass is 1390 g/mol. The van der Waals surface area contributed by atoms with Crippen molar-refractivity contribution >= 4 is 80.4 Å². The largest absolute Gasteiger partial charge is 0.490 e. The fraction of sp³-hybridized carbons (Fsp3) is 0.318. The summed E-state index contributed by atoms with van der Waals surface area (Å²) in [6.07, 6.45) is 6.80. The highest BCUT2D eigenvalue weighted by Gasteiger charge is 2.69. The molecule has 0 radical (unpaired) electrons. The Bertz CT molecular complexity index is 5320. The maximum atomic E-state index is 12.9. The van der Waals surface area contributed by atoms with Crippen molar-refractivity contribution in [3.63, 3.8) is 0 Å². The molecule has 9 aromatic rings. The summed E-state index contributed by atoms with van der Waals surface area (Å²) in [6, 6.07) is 13.6. The minimum absolute atomic E-state index is 0.110. The van der Waals surface area contributed by atoms with Gasteiger partial charge in [-0.2, -0.15) is 0 Å². The quantitative estimate of drug-likeness (QED) is 0.0605. The van der Waals surface area contributed by atoms with Crippen LogP contribution in [0, 0.1) is 29.6 Å². The van der Waals surface area contributed by atoms with Gasteiger partial charge in [0.05, 0.1) is 82.1 Å². The summed E-state index contributed by atoms with van der Waals surface area (Å²) >= 11 is 0. The van der Waals surface area contributed by atoms with Crippen molar-refractivity contribution in [2.75, 3.05) is 35.4 Å². The number of urea groups is 2. The van der Waals surface area contributed by atoms with E-state index >= 15 is 0 Å². The standard InChI is InChI=1S/C21H18N4O8.C18H15NO6.C12H8O4.3C5H6N2O2/c1-25-12-9(18(27)24-21(25)30)6-4-3-5-7-8-11(22-20(29)23-17(8)26)15(7)32-13(5)16(31-2)14(4)33-19(28)10(6)12;1-19-10(21)6-9(20)12-11-8-5-7-3-4-24-15(7)17(23-2)16(8)25-18(22)13(11)14(12)19;1-14-12-10-8(4-5-15-10)6-7-2-3-9(13)16-11(7)12;3*1-7-3-2-4(8)6-5(7)9/h3,6-12,15H,1-2H3,(H,24,27,30)(H2,22,23,26,29);3-5,11-14H,6H2,1-2H3;2-6H,1H3;3*2-3H,1H3,(H,6,8,9). The number of ether oxygens (including phenoxy) is 6. The lowest BCUT2D eigenvalue weighted by atomic mass is 9.53. The molecule has 6 aromatic heterocycles. The molecular weight excluding hydrogens is 1330 g/mol. The van der Waals surface area contributed by atoms with E-state index in [1.54, 1.807) is 59.9 Å². The van der Waals surface area contributed by atoms with Gasteiger partial charge in [0.2, 0.25) is 35.0 Å². The summed E-state index contributed by atoms with van der Waals surface area (Å²) in [5.74, 6) is -4.05. The normalized spacial score (nSPS) is 24.5. The average molecular weight is 1390 g/mol. The van der Waals surface area contributed by atoms with Crippen molar-refractivity contribution in [1.29, 1.82) is 0 Å². The minimum atomic E-state index is -0.685. The molecule has 3 aromatic carbocycles. The number of carbonyl (C=O) groups excluding carboxylic acids is 8. The second-order valence-corrected chi connectivity index (χ2v) is 24.7. The van der Waals surface area contributed by atoms with E-state index in [0.717, 1.165) is 21.7 Å². The van der Waals surface area contributed by atoms with Crippen LogP contribution in [-0.4, -0.2) is 146 Å². The Morgan fingerprint density at radius 3 is 1.49 bits per heavy atom. The van der Waals surface area contributed by atoms with Crippen LogP contribution in [-0.2, 0) is 49.9 Å². The van der Waals surface area contributed by atoms with E-state index in [2.05, 4.69) is 30.9 Å². The summed E-state index contributed by atoms with van der Waals surface area (Å²) in [5, 5.41) is 9.92. The fourth-order valence-corrected chi connectivity index (χ4v) is 14.5. The number of carbonyl (C=O) groups is 8. The Kier molecular flexibility index (Phi) is 16.9. The number of esters is 2. The molecule has 0 spiro atoms. The molecule has 12 unspecified atom stereocenters. The number of piperidine rings is 1. The van der Waals surface area contributed by atoms with Gasteiger partial charge in [-0.05, 0) is 36.4 Å². The first kappa shape index (κ1) is 66.8. The third-order valence-corrected chi connectivity index (χ3v) is 19.3. The Morgan fingerprint density at radius 2 is 0.941 bits per heavy atom. The highest BCUT2D eigenvalue weighted by Crippen LogP contribution is 2.65. The zero-order valence-corrected chi connectivity index (χ0v) is 54.3. The van der Waals surface area contributed by atoms with Crippen molar-refractivity contribution < 1.29 is 80.0 Å². The number of Topliss-reactive ketones (excluding diaryl/α,β-unsaturated/α-hetero) is 1. The Labute approximate surface area is 563 Å². The number of imide groups is 2. The third-order valence-electron chi connectivity index (χ3n) is 19.3. The lowest BCUT2D eigenvalue weighted by Crippen LogP contribution is -2.72. The number of methoxy groups -OCH3 is 3. The molecule has 522 valence electrons. The van der Waals surface area contributed by atoms with E-state index in [1.807, 2.05) is 24.3 Å². The van der Waals surface area contributed by atoms with Crippen molar-refractivity contribution in [3.8, 4) is 34.5 Å². The van der Waals surface area contributed by atoms with Gasteiger partial charge in [0, 0.05) is 135 Å². The number of likely N-dealkylation sites (tertiary alicyclic amines) is 1. The number of hydrogen-bond acceptors (Lipinski definition) is 24. The molecule has 7 amide bonds. The molecule has 6 fully saturated rings. The van der Waals surface area contributed by atoms with Gasteiger partial charge < -0.3 is 70.5 Å². The number of rotatable bonds is 3. The number of aromatic amines is 3. The molecule has 9 aliphatic rings. The zero-order valence-electron chi connectivity index (χ0n) is 54.3. The van der Waals surface area contributed by atoms with Crippen LogP contribution in [0.2, 0.25) is 0 Å². The lowest BCUT2D eigenvalue weighted by molar-refractivity contribution is -0.170. The molecule has 6 aliphatic heterocycles. The molecule has 0 bridgehead atoms. The predicted molar refractivity (Wildman–Crippen MR) is 345 cm³/mol. The summed E-state index contributed by atoms with van der Waals surface area (Å²) in [7, 11) is 12.3. The van der Waals surface area contributed by atoms with Gasteiger partial charge in [-0.3, -0.25) is 68.7 Å². The first-order valence-electron chi connectivity index (χ1n) is 30.9. The molecule has 3 saturated carbocycles. The number of benzene rings is 3. The highest BCUT2D eigenvalue weighted by atomic mass is 16.6. The molecule has 3 saturated heterocycles. The number of hydrogen-bond donors (Lipinski definition) is 6. The maximum Gasteiger partial charge on any atom is 0.336 e. The molecule has 6 N–H and O–H groups in total. The van der Waals surface area contributed by atoms with Crippen LogP contribution in [0.25, 0.3) is 32.9 Å². The van der Waals surface area contributed by atoms with Crippen LogP contribution in [0.1, 0.15) is 40.9 Å². The molecule has 101 heavy (non-hydrogen) atoms. The predicted octanol–water partition coefficient (Wildman–Crippen LogP) is 0.435. The van der Waals surface area contributed by atoms with Crippen LogP contribution in [0.3, 0.4) is 0 Å². The molecule has 35 nitrogen and oxygen atoms in total. The van der Waals surface area contributed by atoms with Crippen molar-refractivity contribution in [1.82, 2.24) is 54.4 Å². The molecule has 12 atom stereocenters. The number of nitrogens with one attached hydrogen (secondary N) is 6. The van der Waals surface area contributed by atoms with Crippen LogP contribution < -0.4 is 83.7 Å². The molecule has 35 heteroatoms. The summed E-state index contributed by atoms with van der Waals surface area (Å²) < 4.78 is 53.3. The second kappa shape index (κ2) is 25.5. The first-order valence-corrected chi connectivity index (χ1v) is 30.9. The number of aryl methyl sites for hydroxylation is 3. The number of amides is 7. The van der Waals surface area contributed by atoms with Crippen LogP contribution in [0.15, 0.2) is 139 Å². The number of H-pyrrole nitrogens is 3.